The average Bonchev–Trinajstić information content (AvgIpc) is 2.04. The van der Waals surface area contributed by atoms with Crippen LogP contribution in [0, 0.1) is 6.92 Å². The fraction of sp³-hybridized carbons (Fsp3) is 0.333. The van der Waals surface area contributed by atoms with Crippen LogP contribution in [0.15, 0.2) is 29.2 Å². The van der Waals surface area contributed by atoms with Crippen molar-refractivity contribution in [3.8, 4) is 0 Å². The Labute approximate surface area is 72.0 Å². The quantitative estimate of drug-likeness (QED) is 0.641. The third-order valence-corrected chi connectivity index (χ3v) is 2.11. The van der Waals surface area contributed by atoms with Gasteiger partial charge in [0.25, 0.3) is 0 Å². The molecule has 0 aromatic heterocycles. The topological polar surface area (TPSA) is 9.23 Å². The van der Waals surface area contributed by atoms with E-state index < -0.39 is 0 Å². The Balaban J connectivity index is 2.52. The van der Waals surface area contributed by atoms with Crippen LogP contribution in [0.1, 0.15) is 12.5 Å². The van der Waals surface area contributed by atoms with Crippen LogP contribution in [0.3, 0.4) is 0 Å². The maximum absolute atomic E-state index is 5.18. The largest absolute Gasteiger partial charge is 0.311 e. The lowest BCUT2D eigenvalue weighted by Crippen LogP contribution is -1.78. The van der Waals surface area contributed by atoms with E-state index >= 15 is 0 Å². The van der Waals surface area contributed by atoms with Crippen molar-refractivity contribution in [2.45, 2.75) is 18.7 Å². The predicted molar refractivity (Wildman–Crippen MR) is 48.7 cm³/mol. The summed E-state index contributed by atoms with van der Waals surface area (Å²) in [4.78, 5) is 1.16. The van der Waals surface area contributed by atoms with Gasteiger partial charge in [0.1, 0.15) is 0 Å². The molecule has 0 spiro atoms. The van der Waals surface area contributed by atoms with E-state index in [4.69, 9.17) is 4.18 Å². The van der Waals surface area contributed by atoms with Crippen LogP contribution in [0.4, 0.5) is 0 Å². The Hall–Kier alpha value is -0.470. The first kappa shape index (κ1) is 8.62. The SMILES string of the molecule is CCOSc1ccc(C)cc1. The lowest BCUT2D eigenvalue weighted by atomic mass is 10.2. The van der Waals surface area contributed by atoms with E-state index in [1.54, 1.807) is 0 Å². The molecule has 0 unspecified atom stereocenters. The van der Waals surface area contributed by atoms with Gasteiger partial charge in [0.2, 0.25) is 0 Å². The Bertz CT molecular complexity index is 205. The van der Waals surface area contributed by atoms with E-state index in [-0.39, 0.29) is 0 Å². The predicted octanol–water partition coefficient (Wildman–Crippen LogP) is 3.04. The smallest absolute Gasteiger partial charge is 0.0590 e. The molecular weight excluding hydrogens is 156 g/mol. The van der Waals surface area contributed by atoms with Gasteiger partial charge in [0.15, 0.2) is 0 Å². The van der Waals surface area contributed by atoms with Gasteiger partial charge >= 0.3 is 0 Å². The van der Waals surface area contributed by atoms with E-state index in [0.717, 1.165) is 11.5 Å². The summed E-state index contributed by atoms with van der Waals surface area (Å²) in [6.45, 7) is 4.81. The van der Waals surface area contributed by atoms with Gasteiger partial charge in [0, 0.05) is 16.9 Å². The molecule has 1 rings (SSSR count). The molecule has 0 saturated carbocycles. The fourth-order valence-electron chi connectivity index (χ4n) is 0.721. The van der Waals surface area contributed by atoms with Gasteiger partial charge in [-0.05, 0) is 26.0 Å². The van der Waals surface area contributed by atoms with Crippen molar-refractivity contribution in [3.63, 3.8) is 0 Å². The van der Waals surface area contributed by atoms with Crippen LogP contribution in [-0.2, 0) is 4.18 Å². The molecule has 0 saturated heterocycles. The minimum absolute atomic E-state index is 0.749. The Kier molecular flexibility index (Phi) is 3.46. The van der Waals surface area contributed by atoms with Crippen molar-refractivity contribution in [2.24, 2.45) is 0 Å². The molecule has 0 N–H and O–H groups in total. The lowest BCUT2D eigenvalue weighted by molar-refractivity contribution is 0.402. The zero-order valence-corrected chi connectivity index (χ0v) is 7.65. The van der Waals surface area contributed by atoms with Crippen molar-refractivity contribution in [1.82, 2.24) is 0 Å². The van der Waals surface area contributed by atoms with Gasteiger partial charge in [-0.25, -0.2) is 0 Å². The molecule has 1 aromatic rings. The molecule has 0 aliphatic heterocycles. The van der Waals surface area contributed by atoms with Crippen molar-refractivity contribution >= 4 is 12.0 Å². The minimum Gasteiger partial charge on any atom is -0.311 e. The molecule has 0 heterocycles. The summed E-state index contributed by atoms with van der Waals surface area (Å²) in [5.74, 6) is 0. The van der Waals surface area contributed by atoms with Gasteiger partial charge in [-0.2, -0.15) is 0 Å². The first-order valence-corrected chi connectivity index (χ1v) is 4.43. The molecule has 0 atom stereocenters. The number of benzene rings is 1. The maximum atomic E-state index is 5.18. The van der Waals surface area contributed by atoms with Crippen LogP contribution in [-0.4, -0.2) is 6.61 Å². The molecule has 0 radical (unpaired) electrons. The Morgan fingerprint density at radius 3 is 2.45 bits per heavy atom. The van der Waals surface area contributed by atoms with E-state index in [2.05, 4.69) is 31.2 Å². The second-order valence-corrected chi connectivity index (χ2v) is 3.18. The van der Waals surface area contributed by atoms with Gasteiger partial charge in [-0.1, -0.05) is 17.7 Å². The highest BCUT2D eigenvalue weighted by Crippen LogP contribution is 2.18. The summed E-state index contributed by atoms with van der Waals surface area (Å²) in [6.07, 6.45) is 0. The third kappa shape index (κ3) is 2.95. The second kappa shape index (κ2) is 4.42. The lowest BCUT2D eigenvalue weighted by Gasteiger charge is -1.98. The van der Waals surface area contributed by atoms with Crippen molar-refractivity contribution in [3.05, 3.63) is 29.8 Å². The fourth-order valence-corrected chi connectivity index (χ4v) is 1.22. The molecule has 11 heavy (non-hydrogen) atoms. The highest BCUT2D eigenvalue weighted by molar-refractivity contribution is 7.94. The zero-order chi connectivity index (χ0) is 8.10. The number of aryl methyl sites for hydroxylation is 1. The number of hydrogen-bond donors (Lipinski definition) is 0. The van der Waals surface area contributed by atoms with E-state index in [1.165, 1.54) is 17.6 Å². The van der Waals surface area contributed by atoms with E-state index in [1.807, 2.05) is 6.92 Å². The van der Waals surface area contributed by atoms with Gasteiger partial charge < -0.3 is 4.18 Å². The molecule has 60 valence electrons. The molecule has 0 aliphatic carbocycles. The first-order chi connectivity index (χ1) is 5.33. The highest BCUT2D eigenvalue weighted by Gasteiger charge is 1.91. The normalized spacial score (nSPS) is 10.0. The van der Waals surface area contributed by atoms with Crippen LogP contribution in [0.5, 0.6) is 0 Å². The Morgan fingerprint density at radius 2 is 1.91 bits per heavy atom. The molecule has 1 aromatic carbocycles. The van der Waals surface area contributed by atoms with E-state index in [9.17, 15) is 0 Å². The van der Waals surface area contributed by atoms with Crippen molar-refractivity contribution < 1.29 is 4.18 Å². The molecule has 0 amide bonds. The minimum atomic E-state index is 0.749. The second-order valence-electron chi connectivity index (χ2n) is 2.30. The standard InChI is InChI=1S/C9H12OS/c1-3-10-11-9-6-4-8(2)5-7-9/h4-7H,3H2,1-2H3. The molecule has 1 nitrogen and oxygen atoms in total. The van der Waals surface area contributed by atoms with Gasteiger partial charge in [-0.3, -0.25) is 0 Å². The highest BCUT2D eigenvalue weighted by atomic mass is 32.2. The van der Waals surface area contributed by atoms with Crippen LogP contribution in [0.2, 0.25) is 0 Å². The maximum Gasteiger partial charge on any atom is 0.0590 e. The summed E-state index contributed by atoms with van der Waals surface area (Å²) in [5, 5.41) is 0. The number of rotatable bonds is 3. The summed E-state index contributed by atoms with van der Waals surface area (Å²) < 4.78 is 5.18. The van der Waals surface area contributed by atoms with Gasteiger partial charge in [-0.15, -0.1) is 0 Å². The average molecular weight is 168 g/mol. The third-order valence-electron chi connectivity index (χ3n) is 1.29. The summed E-state index contributed by atoms with van der Waals surface area (Å²) >= 11 is 1.43. The summed E-state index contributed by atoms with van der Waals surface area (Å²) in [5.41, 5.74) is 1.28. The van der Waals surface area contributed by atoms with Gasteiger partial charge in [0.05, 0.1) is 6.61 Å². The Morgan fingerprint density at radius 1 is 1.27 bits per heavy atom. The monoisotopic (exact) mass is 168 g/mol. The molecule has 0 aliphatic rings. The van der Waals surface area contributed by atoms with Crippen LogP contribution < -0.4 is 0 Å². The zero-order valence-electron chi connectivity index (χ0n) is 6.83. The molecule has 2 heteroatoms. The molecule has 0 bridgehead atoms. The first-order valence-electron chi connectivity index (χ1n) is 3.69. The van der Waals surface area contributed by atoms with E-state index in [0.29, 0.717) is 0 Å². The summed E-state index contributed by atoms with van der Waals surface area (Å²) in [7, 11) is 0. The number of hydrogen-bond acceptors (Lipinski definition) is 2. The van der Waals surface area contributed by atoms with Crippen molar-refractivity contribution in [1.29, 1.82) is 0 Å². The molecule has 0 fully saturated rings. The van der Waals surface area contributed by atoms with Crippen LogP contribution >= 0.6 is 12.0 Å². The van der Waals surface area contributed by atoms with Crippen LogP contribution in [0.25, 0.3) is 0 Å². The van der Waals surface area contributed by atoms with Crippen molar-refractivity contribution in [2.75, 3.05) is 6.61 Å². The molecular formula is C9H12OS. The summed E-state index contributed by atoms with van der Waals surface area (Å²) in [6, 6.07) is 8.30.